The van der Waals surface area contributed by atoms with Gasteiger partial charge in [-0.2, -0.15) is 0 Å². The number of rotatable bonds is 3. The maximum absolute atomic E-state index is 4.67. The van der Waals surface area contributed by atoms with E-state index >= 15 is 0 Å². The van der Waals surface area contributed by atoms with Crippen molar-refractivity contribution in [2.24, 2.45) is 0 Å². The molecule has 1 N–H and O–H groups in total. The Morgan fingerprint density at radius 3 is 2.67 bits per heavy atom. The second-order valence-electron chi connectivity index (χ2n) is 5.96. The number of hydrogen-bond acceptors (Lipinski definition) is 3. The maximum Gasteiger partial charge on any atom is 0.124 e. The van der Waals surface area contributed by atoms with Crippen molar-refractivity contribution in [2.75, 3.05) is 0 Å². The standard InChI is InChI=1S/C14H22N4/c1-10(2)18-12-6-7-15-8-11(12)17-13(18)9-16-14(3,4)5/h6-8,10,16H,9H2,1-5H3. The van der Waals surface area contributed by atoms with Crippen LogP contribution >= 0.6 is 0 Å². The Labute approximate surface area is 108 Å². The van der Waals surface area contributed by atoms with Crippen molar-refractivity contribution in [3.63, 3.8) is 0 Å². The van der Waals surface area contributed by atoms with E-state index in [2.05, 4.69) is 54.5 Å². The molecule has 2 aromatic heterocycles. The molecule has 0 fully saturated rings. The molecule has 4 nitrogen and oxygen atoms in total. The Balaban J connectivity index is 2.40. The highest BCUT2D eigenvalue weighted by molar-refractivity contribution is 5.74. The number of aromatic nitrogens is 3. The minimum Gasteiger partial charge on any atom is -0.324 e. The second kappa shape index (κ2) is 4.69. The van der Waals surface area contributed by atoms with E-state index in [0.29, 0.717) is 6.04 Å². The highest BCUT2D eigenvalue weighted by Gasteiger charge is 2.15. The summed E-state index contributed by atoms with van der Waals surface area (Å²) in [6.07, 6.45) is 3.65. The van der Waals surface area contributed by atoms with Crippen LogP contribution in [-0.2, 0) is 6.54 Å². The molecule has 0 unspecified atom stereocenters. The molecule has 0 aromatic carbocycles. The van der Waals surface area contributed by atoms with Crippen LogP contribution in [0.4, 0.5) is 0 Å². The quantitative estimate of drug-likeness (QED) is 0.905. The fourth-order valence-corrected chi connectivity index (χ4v) is 2.05. The molecule has 4 heteroatoms. The lowest BCUT2D eigenvalue weighted by molar-refractivity contribution is 0.408. The van der Waals surface area contributed by atoms with Crippen LogP contribution in [0.15, 0.2) is 18.5 Å². The van der Waals surface area contributed by atoms with Crippen molar-refractivity contribution in [1.82, 2.24) is 19.9 Å². The minimum absolute atomic E-state index is 0.0954. The van der Waals surface area contributed by atoms with Gasteiger partial charge in [0, 0.05) is 17.8 Å². The summed E-state index contributed by atoms with van der Waals surface area (Å²) in [6, 6.07) is 2.43. The van der Waals surface area contributed by atoms with Crippen molar-refractivity contribution >= 4 is 11.0 Å². The first kappa shape index (κ1) is 13.0. The Hall–Kier alpha value is -1.42. The van der Waals surface area contributed by atoms with E-state index in [0.717, 1.165) is 23.4 Å². The van der Waals surface area contributed by atoms with Crippen molar-refractivity contribution in [3.05, 3.63) is 24.3 Å². The van der Waals surface area contributed by atoms with Crippen LogP contribution < -0.4 is 5.32 Å². The molecule has 0 aliphatic carbocycles. The molecule has 0 aliphatic heterocycles. The number of fused-ring (bicyclic) bond motifs is 1. The molecular formula is C14H22N4. The van der Waals surface area contributed by atoms with Gasteiger partial charge in [-0.3, -0.25) is 4.98 Å². The Bertz CT molecular complexity index is 534. The van der Waals surface area contributed by atoms with Gasteiger partial charge in [0.2, 0.25) is 0 Å². The largest absolute Gasteiger partial charge is 0.324 e. The van der Waals surface area contributed by atoms with E-state index < -0.39 is 0 Å². The van der Waals surface area contributed by atoms with Crippen molar-refractivity contribution in [3.8, 4) is 0 Å². The third-order valence-corrected chi connectivity index (χ3v) is 2.86. The van der Waals surface area contributed by atoms with Crippen molar-refractivity contribution in [1.29, 1.82) is 0 Å². The van der Waals surface area contributed by atoms with Gasteiger partial charge in [0.25, 0.3) is 0 Å². The molecule has 0 saturated carbocycles. The highest BCUT2D eigenvalue weighted by atomic mass is 15.1. The predicted octanol–water partition coefficient (Wildman–Crippen LogP) is 2.90. The topological polar surface area (TPSA) is 42.7 Å². The van der Waals surface area contributed by atoms with E-state index in [9.17, 15) is 0 Å². The van der Waals surface area contributed by atoms with Crippen LogP contribution in [0.3, 0.4) is 0 Å². The Morgan fingerprint density at radius 1 is 1.33 bits per heavy atom. The van der Waals surface area contributed by atoms with Gasteiger partial charge in [-0.25, -0.2) is 4.98 Å². The normalized spacial score (nSPS) is 12.6. The zero-order valence-electron chi connectivity index (χ0n) is 11.9. The number of nitrogens with one attached hydrogen (secondary N) is 1. The molecule has 0 atom stereocenters. The summed E-state index contributed by atoms with van der Waals surface area (Å²) in [5.74, 6) is 1.07. The summed E-state index contributed by atoms with van der Waals surface area (Å²) in [4.78, 5) is 8.81. The highest BCUT2D eigenvalue weighted by Crippen LogP contribution is 2.20. The molecule has 2 aromatic rings. The summed E-state index contributed by atoms with van der Waals surface area (Å²) in [6.45, 7) is 11.6. The molecule has 2 rings (SSSR count). The molecule has 0 radical (unpaired) electrons. The van der Waals surface area contributed by atoms with Crippen LogP contribution in [0.1, 0.15) is 46.5 Å². The SMILES string of the molecule is CC(C)n1c(CNC(C)(C)C)nc2cnccc21. The Kier molecular flexibility index (Phi) is 3.39. The first-order valence-corrected chi connectivity index (χ1v) is 6.44. The van der Waals surface area contributed by atoms with Gasteiger partial charge in [-0.1, -0.05) is 0 Å². The molecule has 0 bridgehead atoms. The summed E-state index contributed by atoms with van der Waals surface area (Å²) >= 11 is 0. The number of pyridine rings is 1. The van der Waals surface area contributed by atoms with E-state index in [-0.39, 0.29) is 5.54 Å². The fraction of sp³-hybridized carbons (Fsp3) is 0.571. The van der Waals surface area contributed by atoms with Crippen LogP contribution in [0.25, 0.3) is 11.0 Å². The summed E-state index contributed by atoms with van der Waals surface area (Å²) in [7, 11) is 0. The summed E-state index contributed by atoms with van der Waals surface area (Å²) in [5, 5.41) is 3.49. The number of hydrogen-bond donors (Lipinski definition) is 1. The monoisotopic (exact) mass is 246 g/mol. The van der Waals surface area contributed by atoms with E-state index in [1.54, 1.807) is 0 Å². The molecular weight excluding hydrogens is 224 g/mol. The van der Waals surface area contributed by atoms with Gasteiger partial charge in [0.1, 0.15) is 11.3 Å². The van der Waals surface area contributed by atoms with E-state index in [1.807, 2.05) is 18.5 Å². The molecule has 0 aliphatic rings. The minimum atomic E-state index is 0.0954. The first-order chi connectivity index (χ1) is 8.38. The molecule has 2 heterocycles. The maximum atomic E-state index is 4.67. The van der Waals surface area contributed by atoms with Gasteiger partial charge in [0.15, 0.2) is 0 Å². The lowest BCUT2D eigenvalue weighted by Crippen LogP contribution is -2.36. The average molecular weight is 246 g/mol. The zero-order chi connectivity index (χ0) is 13.3. The Morgan fingerprint density at radius 2 is 2.06 bits per heavy atom. The second-order valence-corrected chi connectivity index (χ2v) is 5.96. The van der Waals surface area contributed by atoms with Crippen molar-refractivity contribution in [2.45, 2.75) is 52.7 Å². The smallest absolute Gasteiger partial charge is 0.124 e. The van der Waals surface area contributed by atoms with Crippen LogP contribution in [0.5, 0.6) is 0 Å². The number of nitrogens with zero attached hydrogens (tertiary/aromatic N) is 3. The van der Waals surface area contributed by atoms with Gasteiger partial charge in [-0.05, 0) is 40.7 Å². The summed E-state index contributed by atoms with van der Waals surface area (Å²) < 4.78 is 2.27. The lowest BCUT2D eigenvalue weighted by atomic mass is 10.1. The zero-order valence-corrected chi connectivity index (χ0v) is 11.9. The molecule has 98 valence electrons. The van der Waals surface area contributed by atoms with Gasteiger partial charge < -0.3 is 9.88 Å². The third kappa shape index (κ3) is 2.70. The van der Waals surface area contributed by atoms with Crippen LogP contribution in [0, 0.1) is 0 Å². The van der Waals surface area contributed by atoms with Crippen molar-refractivity contribution < 1.29 is 0 Å². The molecule has 18 heavy (non-hydrogen) atoms. The lowest BCUT2D eigenvalue weighted by Gasteiger charge is -2.21. The number of imidazole rings is 1. The predicted molar refractivity (Wildman–Crippen MR) is 74.5 cm³/mol. The van der Waals surface area contributed by atoms with E-state index in [1.165, 1.54) is 0 Å². The van der Waals surface area contributed by atoms with E-state index in [4.69, 9.17) is 0 Å². The van der Waals surface area contributed by atoms with Gasteiger partial charge >= 0.3 is 0 Å². The molecule has 0 saturated heterocycles. The van der Waals surface area contributed by atoms with Gasteiger partial charge in [-0.15, -0.1) is 0 Å². The first-order valence-electron chi connectivity index (χ1n) is 6.44. The fourth-order valence-electron chi connectivity index (χ4n) is 2.05. The van der Waals surface area contributed by atoms with Crippen LogP contribution in [-0.4, -0.2) is 20.1 Å². The van der Waals surface area contributed by atoms with Crippen LogP contribution in [0.2, 0.25) is 0 Å². The average Bonchev–Trinajstić information content (AvgIpc) is 2.63. The van der Waals surface area contributed by atoms with Gasteiger partial charge in [0.05, 0.1) is 18.3 Å². The molecule has 0 amide bonds. The third-order valence-electron chi connectivity index (χ3n) is 2.86. The summed E-state index contributed by atoms with van der Waals surface area (Å²) in [5.41, 5.74) is 2.22. The molecule has 0 spiro atoms.